The predicted octanol–water partition coefficient (Wildman–Crippen LogP) is 10.5. The van der Waals surface area contributed by atoms with Crippen LogP contribution >= 0.6 is 22.9 Å². The van der Waals surface area contributed by atoms with Gasteiger partial charge >= 0.3 is 0 Å². The molecular weight excluding hydrogens is 970 g/mol. The van der Waals surface area contributed by atoms with Crippen molar-refractivity contribution in [1.29, 1.82) is 0 Å². The molecule has 1 aliphatic carbocycles. The summed E-state index contributed by atoms with van der Waals surface area (Å²) in [5, 5.41) is 12.8. The molecule has 2 aromatic heterocycles. The standard InChI is InChI=1S/C59H72ClN7O6S/c1-39-54(74-38-65-39)45-21-18-40(19-22-45)35-64-57(71)50-16-13-29-67(50)58(72)55(59(2,3)4)66-52(68)17-10-8-6-7-9-11-28-61-53(69)33-41-14-12-15-43(30-41)36-63-56(70)49-34-46(51(73-5)37-62-49)23-20-42-31-47(32-42)44-24-26-48(60)27-25-44/h12,14-15,18-27,30,34,37-38,42,47,50,55H,6-11,13,16-17,28-29,31-33,35-36H2,1-5H3,(H,61,69)(H,63,70)(H,64,71)(H,66,68)/b23-20+/t42?,47?,50-,55?/m0/s1. The van der Waals surface area contributed by atoms with Gasteiger partial charge in [0.25, 0.3) is 5.91 Å². The minimum absolute atomic E-state index is 0.0570. The Morgan fingerprint density at radius 3 is 2.27 bits per heavy atom. The molecule has 1 saturated carbocycles. The van der Waals surface area contributed by atoms with E-state index in [9.17, 15) is 24.0 Å². The van der Waals surface area contributed by atoms with Crippen LogP contribution in [0.4, 0.5) is 0 Å². The first kappa shape index (κ1) is 55.4. The van der Waals surface area contributed by atoms with Gasteiger partial charge in [0, 0.05) is 43.2 Å². The zero-order chi connectivity index (χ0) is 52.6. The Morgan fingerprint density at radius 2 is 1.55 bits per heavy atom. The van der Waals surface area contributed by atoms with Gasteiger partial charge in [0.15, 0.2) is 0 Å². The van der Waals surface area contributed by atoms with E-state index in [1.54, 1.807) is 35.6 Å². The van der Waals surface area contributed by atoms with Gasteiger partial charge in [0.2, 0.25) is 23.6 Å². The number of carbonyl (C=O) groups is 5. The smallest absolute Gasteiger partial charge is 0.270 e. The van der Waals surface area contributed by atoms with Gasteiger partial charge in [-0.1, -0.05) is 131 Å². The number of rotatable bonds is 24. The molecule has 74 heavy (non-hydrogen) atoms. The monoisotopic (exact) mass is 1040 g/mol. The van der Waals surface area contributed by atoms with Crippen molar-refractivity contribution in [2.45, 2.75) is 136 Å². The van der Waals surface area contributed by atoms with Gasteiger partial charge in [-0.05, 0) is 109 Å². The number of allylic oxidation sites excluding steroid dienone is 1. The quantitative estimate of drug-likeness (QED) is 0.0442. The van der Waals surface area contributed by atoms with Crippen LogP contribution in [-0.2, 0) is 38.7 Å². The molecule has 5 aromatic rings. The minimum atomic E-state index is -0.752. The van der Waals surface area contributed by atoms with Crippen molar-refractivity contribution in [2.75, 3.05) is 20.2 Å². The summed E-state index contributed by atoms with van der Waals surface area (Å²) >= 11 is 7.66. The molecule has 0 radical (unpaired) electrons. The van der Waals surface area contributed by atoms with Crippen molar-refractivity contribution < 1.29 is 28.7 Å². The third kappa shape index (κ3) is 15.8. The number of halogens is 1. The second-order valence-corrected chi connectivity index (χ2v) is 22.1. The maximum absolute atomic E-state index is 14.0. The van der Waals surface area contributed by atoms with Gasteiger partial charge in [-0.25, -0.2) is 9.97 Å². The molecule has 7 rings (SSSR count). The number of hydrogen-bond acceptors (Lipinski definition) is 9. The molecule has 4 N–H and O–H groups in total. The number of hydrogen-bond donors (Lipinski definition) is 4. The molecule has 5 amide bonds. The molecule has 2 fully saturated rings. The van der Waals surface area contributed by atoms with Crippen molar-refractivity contribution in [3.8, 4) is 16.2 Å². The van der Waals surface area contributed by atoms with E-state index in [0.29, 0.717) is 62.2 Å². The fourth-order valence-corrected chi connectivity index (χ4v) is 10.6. The van der Waals surface area contributed by atoms with E-state index in [4.69, 9.17) is 16.3 Å². The van der Waals surface area contributed by atoms with Crippen LogP contribution in [0, 0.1) is 18.3 Å². The summed E-state index contributed by atoms with van der Waals surface area (Å²) in [6.07, 6.45) is 15.1. The van der Waals surface area contributed by atoms with Crippen LogP contribution < -0.4 is 26.0 Å². The van der Waals surface area contributed by atoms with E-state index < -0.39 is 17.5 Å². The summed E-state index contributed by atoms with van der Waals surface area (Å²) in [5.41, 5.74) is 8.49. The largest absolute Gasteiger partial charge is 0.495 e. The number of aryl methyl sites for hydroxylation is 1. The number of pyridine rings is 1. The van der Waals surface area contributed by atoms with Gasteiger partial charge in [-0.3, -0.25) is 24.0 Å². The Kier molecular flexibility index (Phi) is 20.0. The SMILES string of the molecule is COc1cnc(C(=O)NCc2cccc(CC(=O)NCCCCCCCCC(=O)NC(C(=O)N3CCC[C@H]3C(=O)NCc3ccc(-c4scnc4C)cc3)C(C)(C)C)c2)cc1/C=C/C1CC(c2ccc(Cl)cc2)C1. The molecule has 0 bridgehead atoms. The van der Waals surface area contributed by atoms with E-state index in [1.807, 2.05) is 99.9 Å². The fraction of sp³-hybridized carbons (Fsp3) is 0.441. The number of likely N-dealkylation sites (tertiary alicyclic amines) is 1. The molecule has 3 aromatic carbocycles. The molecule has 0 spiro atoms. The Bertz CT molecular complexity index is 2730. The molecule has 1 aliphatic heterocycles. The first-order chi connectivity index (χ1) is 35.6. The zero-order valence-corrected chi connectivity index (χ0v) is 45.1. The van der Waals surface area contributed by atoms with Crippen LogP contribution in [0.25, 0.3) is 16.5 Å². The van der Waals surface area contributed by atoms with Gasteiger partial charge in [0.05, 0.1) is 35.8 Å². The molecule has 1 unspecified atom stereocenters. The minimum Gasteiger partial charge on any atom is -0.495 e. The van der Waals surface area contributed by atoms with E-state index in [2.05, 4.69) is 49.4 Å². The number of ether oxygens (including phenoxy) is 1. The average molecular weight is 1040 g/mol. The highest BCUT2D eigenvalue weighted by molar-refractivity contribution is 7.13. The number of thiazole rings is 1. The molecule has 15 heteroatoms. The van der Waals surface area contributed by atoms with Crippen molar-refractivity contribution >= 4 is 58.5 Å². The van der Waals surface area contributed by atoms with E-state index in [-0.39, 0.29) is 42.5 Å². The second-order valence-electron chi connectivity index (χ2n) is 20.8. The predicted molar refractivity (Wildman–Crippen MR) is 294 cm³/mol. The number of unbranched alkanes of at least 4 members (excludes halogenated alkanes) is 5. The van der Waals surface area contributed by atoms with Gasteiger partial charge < -0.3 is 30.9 Å². The van der Waals surface area contributed by atoms with Crippen LogP contribution in [0.1, 0.15) is 141 Å². The summed E-state index contributed by atoms with van der Waals surface area (Å²) < 4.78 is 5.54. The van der Waals surface area contributed by atoms with Crippen LogP contribution in [0.5, 0.6) is 5.75 Å². The number of nitrogens with zero attached hydrogens (tertiary/aromatic N) is 3. The molecule has 2 atom stereocenters. The zero-order valence-electron chi connectivity index (χ0n) is 43.5. The van der Waals surface area contributed by atoms with Crippen LogP contribution in [0.3, 0.4) is 0 Å². The molecular formula is C59H72ClN7O6S. The maximum atomic E-state index is 14.0. The number of nitrogens with one attached hydrogen (secondary N) is 4. The van der Waals surface area contributed by atoms with E-state index in [0.717, 1.165) is 94.8 Å². The summed E-state index contributed by atoms with van der Waals surface area (Å²) in [7, 11) is 1.59. The normalized spacial score (nSPS) is 16.8. The highest BCUT2D eigenvalue weighted by Crippen LogP contribution is 2.43. The summed E-state index contributed by atoms with van der Waals surface area (Å²) in [5.74, 6) is 0.639. The number of aromatic nitrogens is 2. The van der Waals surface area contributed by atoms with Crippen LogP contribution in [-0.4, -0.2) is 76.7 Å². The van der Waals surface area contributed by atoms with Crippen molar-refractivity contribution in [2.24, 2.45) is 11.3 Å². The van der Waals surface area contributed by atoms with E-state index in [1.165, 1.54) is 5.56 Å². The highest BCUT2D eigenvalue weighted by atomic mass is 35.5. The third-order valence-electron chi connectivity index (χ3n) is 14.1. The number of methoxy groups -OCH3 is 1. The van der Waals surface area contributed by atoms with Crippen LogP contribution in [0.2, 0.25) is 5.02 Å². The first-order valence-corrected chi connectivity index (χ1v) is 27.4. The first-order valence-electron chi connectivity index (χ1n) is 26.1. The molecule has 2 aliphatic rings. The number of benzene rings is 3. The lowest BCUT2D eigenvalue weighted by atomic mass is 9.71. The molecule has 3 heterocycles. The maximum Gasteiger partial charge on any atom is 0.270 e. The van der Waals surface area contributed by atoms with Crippen molar-refractivity contribution in [3.63, 3.8) is 0 Å². The van der Waals surface area contributed by atoms with Crippen LogP contribution in [0.15, 0.2) is 96.6 Å². The lowest BCUT2D eigenvalue weighted by molar-refractivity contribution is -0.143. The summed E-state index contributed by atoms with van der Waals surface area (Å²) in [6, 6.07) is 24.2. The topological polar surface area (TPSA) is 172 Å². The van der Waals surface area contributed by atoms with E-state index >= 15 is 0 Å². The van der Waals surface area contributed by atoms with Gasteiger partial charge in [-0.2, -0.15) is 0 Å². The second kappa shape index (κ2) is 26.7. The molecule has 13 nitrogen and oxygen atoms in total. The number of carbonyl (C=O) groups excluding carboxylic acids is 5. The lowest BCUT2D eigenvalue weighted by Crippen LogP contribution is -2.57. The molecule has 392 valence electrons. The Balaban J connectivity index is 0.749. The summed E-state index contributed by atoms with van der Waals surface area (Å²) in [6.45, 7) is 9.51. The van der Waals surface area contributed by atoms with Gasteiger partial charge in [-0.15, -0.1) is 11.3 Å². The Labute approximate surface area is 445 Å². The lowest BCUT2D eigenvalue weighted by Gasteiger charge is -2.35. The number of amides is 5. The third-order valence-corrected chi connectivity index (χ3v) is 15.3. The fourth-order valence-electron chi connectivity index (χ4n) is 9.68. The molecule has 1 saturated heterocycles. The Hall–Kier alpha value is -6.38. The Morgan fingerprint density at radius 1 is 0.838 bits per heavy atom. The average Bonchev–Trinajstić information content (AvgIpc) is 4.05. The van der Waals surface area contributed by atoms with Crippen molar-refractivity contribution in [3.05, 3.63) is 141 Å². The highest BCUT2D eigenvalue weighted by Gasteiger charge is 2.42. The van der Waals surface area contributed by atoms with Gasteiger partial charge in [0.1, 0.15) is 23.5 Å². The summed E-state index contributed by atoms with van der Waals surface area (Å²) in [4.78, 5) is 78.1. The van der Waals surface area contributed by atoms with Crippen molar-refractivity contribution in [1.82, 2.24) is 36.1 Å².